The van der Waals surface area contributed by atoms with Crippen LogP contribution in [0.5, 0.6) is 0 Å². The summed E-state index contributed by atoms with van der Waals surface area (Å²) >= 11 is 7.52. The van der Waals surface area contributed by atoms with Crippen LogP contribution < -0.4 is 5.32 Å². The Morgan fingerprint density at radius 3 is 2.89 bits per heavy atom. The molecule has 28 heavy (non-hydrogen) atoms. The number of hydrogen-bond acceptors (Lipinski definition) is 6. The van der Waals surface area contributed by atoms with Crippen molar-refractivity contribution in [2.45, 2.75) is 18.8 Å². The van der Waals surface area contributed by atoms with Crippen LogP contribution in [0.25, 0.3) is 11.3 Å². The number of carbonyl (C=O) groups is 1. The Morgan fingerprint density at radius 1 is 1.29 bits per heavy atom. The van der Waals surface area contributed by atoms with Crippen molar-refractivity contribution in [3.05, 3.63) is 59.0 Å². The van der Waals surface area contributed by atoms with Gasteiger partial charge in [-0.15, -0.1) is 11.3 Å². The molecule has 4 rings (SSSR count). The van der Waals surface area contributed by atoms with Gasteiger partial charge in [-0.05, 0) is 38.1 Å². The molecule has 0 unspecified atom stereocenters. The first-order valence-electron chi connectivity index (χ1n) is 9.17. The first kappa shape index (κ1) is 19.0. The molecule has 3 aromatic rings. The van der Waals surface area contributed by atoms with Crippen molar-refractivity contribution in [1.29, 1.82) is 0 Å². The van der Waals surface area contributed by atoms with Crippen molar-refractivity contribution in [2.24, 2.45) is 0 Å². The van der Waals surface area contributed by atoms with E-state index in [1.807, 2.05) is 35.8 Å². The summed E-state index contributed by atoms with van der Waals surface area (Å²) in [5, 5.41) is 6.02. The first-order valence-corrected chi connectivity index (χ1v) is 10.4. The highest BCUT2D eigenvalue weighted by molar-refractivity contribution is 7.13. The molecule has 1 aromatic carbocycles. The summed E-state index contributed by atoms with van der Waals surface area (Å²) in [6.45, 7) is 2.11. The molecule has 144 valence electrons. The number of carbonyl (C=O) groups excluding carboxylic acids is 1. The lowest BCUT2D eigenvalue weighted by atomic mass is 9.93. The van der Waals surface area contributed by atoms with Gasteiger partial charge in [0.05, 0.1) is 24.1 Å². The standard InChI is InChI=1S/C20H20ClN5OS/c21-16-3-1-2-15(10-16)18-12-22-11-17(24-18)14-4-7-26(8-5-14)13-19(27)25-20-23-6-9-28-20/h1-3,6,9-12,14H,4-5,7-8,13H2,(H,23,25,27). The number of benzene rings is 1. The molecule has 8 heteroatoms. The Hall–Kier alpha value is -2.35. The average Bonchev–Trinajstić information content (AvgIpc) is 3.21. The van der Waals surface area contributed by atoms with E-state index >= 15 is 0 Å². The smallest absolute Gasteiger partial charge is 0.240 e. The van der Waals surface area contributed by atoms with Gasteiger partial charge in [0.15, 0.2) is 5.13 Å². The minimum Gasteiger partial charge on any atom is -0.301 e. The Kier molecular flexibility index (Phi) is 5.95. The number of anilines is 1. The fourth-order valence-corrected chi connectivity index (χ4v) is 4.13. The summed E-state index contributed by atoms with van der Waals surface area (Å²) in [5.41, 5.74) is 2.81. The quantitative estimate of drug-likeness (QED) is 0.682. The number of halogens is 1. The Bertz CT molecular complexity index is 941. The molecule has 1 fully saturated rings. The molecule has 0 aliphatic carbocycles. The van der Waals surface area contributed by atoms with E-state index in [9.17, 15) is 4.79 Å². The highest BCUT2D eigenvalue weighted by Crippen LogP contribution is 2.28. The van der Waals surface area contributed by atoms with Crippen LogP contribution in [0, 0.1) is 0 Å². The first-order chi connectivity index (χ1) is 13.7. The second-order valence-corrected chi connectivity index (χ2v) is 8.11. The zero-order valence-electron chi connectivity index (χ0n) is 15.2. The van der Waals surface area contributed by atoms with Gasteiger partial charge in [-0.25, -0.2) is 9.97 Å². The van der Waals surface area contributed by atoms with Crippen LogP contribution in [0.4, 0.5) is 5.13 Å². The summed E-state index contributed by atoms with van der Waals surface area (Å²) in [7, 11) is 0. The topological polar surface area (TPSA) is 71.0 Å². The number of amides is 1. The maximum Gasteiger partial charge on any atom is 0.240 e. The van der Waals surface area contributed by atoms with Gasteiger partial charge in [-0.2, -0.15) is 0 Å². The third-order valence-corrected chi connectivity index (χ3v) is 5.75. The van der Waals surface area contributed by atoms with Gasteiger partial charge in [0.2, 0.25) is 5.91 Å². The van der Waals surface area contributed by atoms with Crippen LogP contribution in [0.1, 0.15) is 24.5 Å². The number of likely N-dealkylation sites (tertiary alicyclic amines) is 1. The lowest BCUT2D eigenvalue weighted by Gasteiger charge is -2.31. The fourth-order valence-electron chi connectivity index (χ4n) is 3.40. The highest BCUT2D eigenvalue weighted by Gasteiger charge is 2.23. The number of aromatic nitrogens is 3. The van der Waals surface area contributed by atoms with E-state index in [-0.39, 0.29) is 5.91 Å². The van der Waals surface area contributed by atoms with E-state index in [0.29, 0.717) is 22.6 Å². The van der Waals surface area contributed by atoms with Gasteiger partial charge in [-0.1, -0.05) is 23.7 Å². The van der Waals surface area contributed by atoms with Gasteiger partial charge < -0.3 is 5.32 Å². The van der Waals surface area contributed by atoms with Crippen LogP contribution in [-0.4, -0.2) is 45.4 Å². The summed E-state index contributed by atoms with van der Waals surface area (Å²) in [6, 6.07) is 7.66. The molecule has 1 amide bonds. The van der Waals surface area contributed by atoms with Gasteiger partial charge in [-0.3, -0.25) is 14.7 Å². The lowest BCUT2D eigenvalue weighted by Crippen LogP contribution is -2.38. The number of hydrogen-bond donors (Lipinski definition) is 1. The minimum atomic E-state index is -0.0175. The van der Waals surface area contributed by atoms with Crippen molar-refractivity contribution in [3.8, 4) is 11.3 Å². The summed E-state index contributed by atoms with van der Waals surface area (Å²) in [5.74, 6) is 0.334. The van der Waals surface area contributed by atoms with E-state index in [2.05, 4.69) is 20.2 Å². The van der Waals surface area contributed by atoms with Crippen molar-refractivity contribution in [1.82, 2.24) is 19.9 Å². The predicted octanol–water partition coefficient (Wildman–Crippen LogP) is 4.07. The second kappa shape index (κ2) is 8.77. The van der Waals surface area contributed by atoms with Gasteiger partial charge >= 0.3 is 0 Å². The Labute approximate surface area is 172 Å². The van der Waals surface area contributed by atoms with Crippen LogP contribution in [-0.2, 0) is 4.79 Å². The van der Waals surface area contributed by atoms with Gasteiger partial charge in [0.25, 0.3) is 0 Å². The zero-order valence-corrected chi connectivity index (χ0v) is 16.8. The van der Waals surface area contributed by atoms with Crippen LogP contribution in [0.15, 0.2) is 48.2 Å². The van der Waals surface area contributed by atoms with E-state index in [4.69, 9.17) is 16.6 Å². The molecule has 6 nitrogen and oxygen atoms in total. The number of piperidine rings is 1. The molecule has 0 atom stereocenters. The molecule has 0 radical (unpaired) electrons. The van der Waals surface area contributed by atoms with Crippen molar-refractivity contribution in [2.75, 3.05) is 25.0 Å². The third kappa shape index (κ3) is 4.73. The summed E-state index contributed by atoms with van der Waals surface area (Å²) in [6.07, 6.45) is 7.22. The van der Waals surface area contributed by atoms with Crippen molar-refractivity contribution in [3.63, 3.8) is 0 Å². The maximum atomic E-state index is 12.1. The molecule has 1 N–H and O–H groups in total. The van der Waals surface area contributed by atoms with E-state index in [0.717, 1.165) is 42.9 Å². The second-order valence-electron chi connectivity index (χ2n) is 6.78. The van der Waals surface area contributed by atoms with Crippen molar-refractivity contribution >= 4 is 34.0 Å². The molecular formula is C20H20ClN5OS. The monoisotopic (exact) mass is 413 g/mol. The molecule has 0 bridgehead atoms. The van der Waals surface area contributed by atoms with Crippen LogP contribution in [0.2, 0.25) is 5.02 Å². The number of nitrogens with one attached hydrogen (secondary N) is 1. The van der Waals surface area contributed by atoms with Crippen LogP contribution in [0.3, 0.4) is 0 Å². The molecule has 1 saturated heterocycles. The lowest BCUT2D eigenvalue weighted by molar-refractivity contribution is -0.117. The average molecular weight is 414 g/mol. The molecule has 2 aromatic heterocycles. The number of nitrogens with zero attached hydrogens (tertiary/aromatic N) is 4. The fraction of sp³-hybridized carbons (Fsp3) is 0.300. The molecule has 1 aliphatic rings. The molecule has 1 aliphatic heterocycles. The van der Waals surface area contributed by atoms with Gasteiger partial charge in [0.1, 0.15) is 0 Å². The van der Waals surface area contributed by atoms with E-state index in [1.54, 1.807) is 12.4 Å². The molecule has 0 spiro atoms. The van der Waals surface area contributed by atoms with Gasteiger partial charge in [0, 0.05) is 34.3 Å². The number of rotatable bonds is 5. The van der Waals surface area contributed by atoms with Crippen LogP contribution >= 0.6 is 22.9 Å². The summed E-state index contributed by atoms with van der Waals surface area (Å²) < 4.78 is 0. The molecule has 0 saturated carbocycles. The maximum absolute atomic E-state index is 12.1. The van der Waals surface area contributed by atoms with E-state index in [1.165, 1.54) is 11.3 Å². The number of thiazole rings is 1. The van der Waals surface area contributed by atoms with Crippen molar-refractivity contribution < 1.29 is 4.79 Å². The third-order valence-electron chi connectivity index (χ3n) is 4.83. The van der Waals surface area contributed by atoms with E-state index < -0.39 is 0 Å². The zero-order chi connectivity index (χ0) is 19.3. The Balaban J connectivity index is 1.35. The Morgan fingerprint density at radius 2 is 2.14 bits per heavy atom. The molecular weight excluding hydrogens is 394 g/mol. The molecule has 3 heterocycles. The predicted molar refractivity (Wildman–Crippen MR) is 112 cm³/mol. The summed E-state index contributed by atoms with van der Waals surface area (Å²) in [4.78, 5) is 27.6. The SMILES string of the molecule is O=C(CN1CCC(c2cncc(-c3cccc(Cl)c3)n2)CC1)Nc1nccs1. The minimum absolute atomic E-state index is 0.0175. The highest BCUT2D eigenvalue weighted by atomic mass is 35.5. The largest absolute Gasteiger partial charge is 0.301 e. The normalized spacial score (nSPS) is 15.5.